The molecule has 0 unspecified atom stereocenters. The van der Waals surface area contributed by atoms with Crippen molar-refractivity contribution < 1.29 is 15.0 Å². The van der Waals surface area contributed by atoms with E-state index in [1.165, 1.54) is 0 Å². The molecule has 0 aromatic heterocycles. The van der Waals surface area contributed by atoms with Crippen LogP contribution in [0.2, 0.25) is 0 Å². The summed E-state index contributed by atoms with van der Waals surface area (Å²) in [7, 11) is 0. The number of aliphatic hydroxyl groups excluding tert-OH is 1. The zero-order valence-corrected chi connectivity index (χ0v) is 6.82. The number of aliphatic hydroxyl groups is 1. The zero-order chi connectivity index (χ0) is 8.85. The van der Waals surface area contributed by atoms with Crippen LogP contribution in [-0.2, 0) is 4.79 Å². The smallest absolute Gasteiger partial charge is 0.327 e. The van der Waals surface area contributed by atoms with Gasteiger partial charge in [-0.2, -0.15) is 0 Å². The van der Waals surface area contributed by atoms with E-state index < -0.39 is 5.97 Å². The summed E-state index contributed by atoms with van der Waals surface area (Å²) in [5.74, 6) is -0.826. The van der Waals surface area contributed by atoms with Crippen LogP contribution in [0.1, 0.15) is 20.3 Å². The van der Waals surface area contributed by atoms with Crippen molar-refractivity contribution in [2.24, 2.45) is 5.92 Å². The van der Waals surface area contributed by atoms with E-state index in [0.717, 1.165) is 6.08 Å². The number of allylic oxidation sites excluding steroid dienone is 1. The number of carboxylic acid groups (broad SMARTS) is 1. The summed E-state index contributed by atoms with van der Waals surface area (Å²) in [5.41, 5.74) is 0. The Morgan fingerprint density at radius 3 is 2.45 bits per heavy atom. The lowest BCUT2D eigenvalue weighted by atomic mass is 10.0. The van der Waals surface area contributed by atoms with Gasteiger partial charge in [0.1, 0.15) is 0 Å². The highest BCUT2D eigenvalue weighted by Crippen LogP contribution is 2.07. The van der Waals surface area contributed by atoms with Gasteiger partial charge in [0.25, 0.3) is 0 Å². The first-order valence-electron chi connectivity index (χ1n) is 3.61. The van der Waals surface area contributed by atoms with Crippen LogP contribution in [0.15, 0.2) is 12.2 Å². The van der Waals surface area contributed by atoms with E-state index in [4.69, 9.17) is 10.2 Å². The minimum absolute atomic E-state index is 0.116. The average molecular weight is 158 g/mol. The molecule has 0 saturated heterocycles. The van der Waals surface area contributed by atoms with Gasteiger partial charge in [-0.05, 0) is 19.3 Å². The second kappa shape index (κ2) is 4.91. The Morgan fingerprint density at radius 2 is 2.09 bits per heavy atom. The van der Waals surface area contributed by atoms with E-state index in [0.29, 0.717) is 6.42 Å². The fourth-order valence-corrected chi connectivity index (χ4v) is 0.580. The van der Waals surface area contributed by atoms with Crippen molar-refractivity contribution in [1.29, 1.82) is 0 Å². The number of hydrogen-bond acceptors (Lipinski definition) is 2. The minimum Gasteiger partial charge on any atom is -0.478 e. The van der Waals surface area contributed by atoms with Crippen molar-refractivity contribution in [3.8, 4) is 0 Å². The molecule has 3 nitrogen and oxygen atoms in total. The quantitative estimate of drug-likeness (QED) is 0.601. The molecule has 0 aromatic carbocycles. The molecule has 0 spiro atoms. The molecule has 64 valence electrons. The standard InChI is InChI=1S/C8H14O3/c1-6(7(2)9)4-3-5-8(10)11/h3,5-7,9H,4H2,1-2H3,(H,10,11)/b5-3+/t6-,7+/m1/s1. The fourth-order valence-electron chi connectivity index (χ4n) is 0.580. The number of carboxylic acids is 1. The molecule has 0 aliphatic rings. The van der Waals surface area contributed by atoms with Crippen LogP contribution in [0.25, 0.3) is 0 Å². The van der Waals surface area contributed by atoms with Crippen LogP contribution < -0.4 is 0 Å². The van der Waals surface area contributed by atoms with Crippen LogP contribution in [0, 0.1) is 5.92 Å². The van der Waals surface area contributed by atoms with Crippen molar-refractivity contribution in [3.05, 3.63) is 12.2 Å². The van der Waals surface area contributed by atoms with Gasteiger partial charge in [-0.3, -0.25) is 0 Å². The van der Waals surface area contributed by atoms with E-state index in [1.54, 1.807) is 13.0 Å². The van der Waals surface area contributed by atoms with Gasteiger partial charge in [0.2, 0.25) is 0 Å². The van der Waals surface area contributed by atoms with Crippen molar-refractivity contribution in [2.75, 3.05) is 0 Å². The minimum atomic E-state index is -0.942. The lowest BCUT2D eigenvalue weighted by Crippen LogP contribution is -2.11. The Bertz CT molecular complexity index is 149. The summed E-state index contributed by atoms with van der Waals surface area (Å²) < 4.78 is 0. The van der Waals surface area contributed by atoms with Crippen LogP contribution in [0.5, 0.6) is 0 Å². The predicted molar refractivity (Wildman–Crippen MR) is 42.2 cm³/mol. The van der Waals surface area contributed by atoms with E-state index in [-0.39, 0.29) is 12.0 Å². The van der Waals surface area contributed by atoms with Gasteiger partial charge in [-0.1, -0.05) is 13.0 Å². The van der Waals surface area contributed by atoms with Gasteiger partial charge < -0.3 is 10.2 Å². The Kier molecular flexibility index (Phi) is 4.54. The molecule has 0 saturated carbocycles. The van der Waals surface area contributed by atoms with Gasteiger partial charge in [0, 0.05) is 6.08 Å². The molecule has 0 heterocycles. The molecule has 0 rings (SSSR count). The maximum atomic E-state index is 10.0. The molecule has 2 atom stereocenters. The number of carbonyl (C=O) groups is 1. The van der Waals surface area contributed by atoms with E-state index in [2.05, 4.69) is 0 Å². The highest BCUT2D eigenvalue weighted by molar-refractivity contribution is 5.79. The Hall–Kier alpha value is -0.830. The number of aliphatic carboxylic acids is 1. The SMILES string of the molecule is C[C@H](O)[C@H](C)C/C=C/C(=O)O. The van der Waals surface area contributed by atoms with Gasteiger partial charge in [0.15, 0.2) is 0 Å². The van der Waals surface area contributed by atoms with Crippen molar-refractivity contribution in [2.45, 2.75) is 26.4 Å². The Balaban J connectivity index is 3.61. The summed E-state index contributed by atoms with van der Waals surface area (Å²) in [6.07, 6.45) is 2.87. The lowest BCUT2D eigenvalue weighted by molar-refractivity contribution is -0.131. The van der Waals surface area contributed by atoms with Crippen LogP contribution in [0.3, 0.4) is 0 Å². The first kappa shape index (κ1) is 10.2. The van der Waals surface area contributed by atoms with Crippen molar-refractivity contribution in [1.82, 2.24) is 0 Å². The third-order valence-electron chi connectivity index (χ3n) is 1.59. The molecule has 0 radical (unpaired) electrons. The number of rotatable bonds is 4. The first-order chi connectivity index (χ1) is 5.04. The summed E-state index contributed by atoms with van der Waals surface area (Å²) >= 11 is 0. The molecule has 2 N–H and O–H groups in total. The van der Waals surface area contributed by atoms with Crippen LogP contribution in [0.4, 0.5) is 0 Å². The maximum absolute atomic E-state index is 10.0. The Labute approximate surface area is 66.4 Å². The van der Waals surface area contributed by atoms with E-state index >= 15 is 0 Å². The fraction of sp³-hybridized carbons (Fsp3) is 0.625. The van der Waals surface area contributed by atoms with Gasteiger partial charge in [-0.15, -0.1) is 0 Å². The van der Waals surface area contributed by atoms with Crippen molar-refractivity contribution >= 4 is 5.97 Å². The highest BCUT2D eigenvalue weighted by atomic mass is 16.4. The summed E-state index contributed by atoms with van der Waals surface area (Å²) in [6.45, 7) is 3.57. The molecule has 0 aromatic rings. The predicted octanol–water partition coefficient (Wildman–Crippen LogP) is 1.03. The summed E-state index contributed by atoms with van der Waals surface area (Å²) in [5, 5.41) is 17.2. The maximum Gasteiger partial charge on any atom is 0.327 e. The average Bonchev–Trinajstić information content (AvgIpc) is 1.86. The van der Waals surface area contributed by atoms with E-state index in [9.17, 15) is 4.79 Å². The normalized spacial score (nSPS) is 16.6. The Morgan fingerprint density at radius 1 is 1.55 bits per heavy atom. The molecule has 0 bridgehead atoms. The summed E-state index contributed by atoms with van der Waals surface area (Å²) in [6, 6.07) is 0. The molecule has 3 heteroatoms. The third-order valence-corrected chi connectivity index (χ3v) is 1.59. The molecule has 0 amide bonds. The van der Waals surface area contributed by atoms with E-state index in [1.807, 2.05) is 6.92 Å². The number of hydrogen-bond donors (Lipinski definition) is 2. The topological polar surface area (TPSA) is 57.5 Å². The molecular weight excluding hydrogens is 144 g/mol. The van der Waals surface area contributed by atoms with Gasteiger partial charge in [0.05, 0.1) is 6.10 Å². The van der Waals surface area contributed by atoms with Gasteiger partial charge in [-0.25, -0.2) is 4.79 Å². The first-order valence-corrected chi connectivity index (χ1v) is 3.61. The highest BCUT2D eigenvalue weighted by Gasteiger charge is 2.05. The van der Waals surface area contributed by atoms with Crippen molar-refractivity contribution in [3.63, 3.8) is 0 Å². The monoisotopic (exact) mass is 158 g/mol. The summed E-state index contributed by atoms with van der Waals surface area (Å²) in [4.78, 5) is 10.0. The molecule has 0 aliphatic heterocycles. The second-order valence-corrected chi connectivity index (χ2v) is 2.69. The van der Waals surface area contributed by atoms with Gasteiger partial charge >= 0.3 is 5.97 Å². The largest absolute Gasteiger partial charge is 0.478 e. The molecule has 0 fully saturated rings. The zero-order valence-electron chi connectivity index (χ0n) is 6.82. The molecular formula is C8H14O3. The second-order valence-electron chi connectivity index (χ2n) is 2.69. The van der Waals surface area contributed by atoms with Crippen LogP contribution >= 0.6 is 0 Å². The lowest BCUT2D eigenvalue weighted by Gasteiger charge is -2.10. The van der Waals surface area contributed by atoms with Crippen LogP contribution in [-0.4, -0.2) is 22.3 Å². The molecule has 11 heavy (non-hydrogen) atoms. The molecule has 0 aliphatic carbocycles. The third kappa shape index (κ3) is 5.61.